The molecule has 0 saturated heterocycles. The maximum atomic E-state index is 3.53. The maximum absolute atomic E-state index is 3.53. The lowest BCUT2D eigenvalue weighted by Crippen LogP contribution is -2.10. The number of benzene rings is 8. The zero-order valence-corrected chi connectivity index (χ0v) is 30.9. The standard InChI is InChI=1S/C48H32N2S.CH4S/c1-4-14-33(15-5-1)35-24-28-38(29-25-35)49(39-30-26-36(27-31-39)34-16-6-2-7-17-34)44-32-42-40-20-10-12-22-43(40)50(37-18-8-3-9-19-37)47(42)48-46(44)41-21-11-13-23-45(41)51-48;1-2/h1-32H;2H,1H3. The first kappa shape index (κ1) is 32.8. The summed E-state index contributed by atoms with van der Waals surface area (Å²) in [6.07, 6.45) is 1.69. The summed E-state index contributed by atoms with van der Waals surface area (Å²) in [5, 5.41) is 5.03. The first-order valence-corrected chi connectivity index (χ1v) is 19.5. The highest BCUT2D eigenvalue weighted by Crippen LogP contribution is 2.50. The average Bonchev–Trinajstić information content (AvgIpc) is 3.80. The number of fused-ring (bicyclic) bond motifs is 7. The van der Waals surface area contributed by atoms with Gasteiger partial charge in [-0.25, -0.2) is 0 Å². The van der Waals surface area contributed by atoms with E-state index in [9.17, 15) is 0 Å². The van der Waals surface area contributed by atoms with Crippen LogP contribution >= 0.6 is 24.0 Å². The van der Waals surface area contributed by atoms with Gasteiger partial charge in [-0.1, -0.05) is 140 Å². The molecule has 53 heavy (non-hydrogen) atoms. The predicted molar refractivity (Wildman–Crippen MR) is 234 cm³/mol. The predicted octanol–water partition coefficient (Wildman–Crippen LogP) is 14.5. The summed E-state index contributed by atoms with van der Waals surface area (Å²) in [6, 6.07) is 70.2. The molecule has 2 nitrogen and oxygen atoms in total. The van der Waals surface area contributed by atoms with Gasteiger partial charge in [0.05, 0.1) is 21.4 Å². The van der Waals surface area contributed by atoms with Crippen molar-refractivity contribution in [3.05, 3.63) is 194 Å². The Balaban J connectivity index is 0.00000183. The molecule has 0 atom stereocenters. The summed E-state index contributed by atoms with van der Waals surface area (Å²) in [5.41, 5.74) is 11.9. The molecule has 4 heteroatoms. The largest absolute Gasteiger partial charge is 0.310 e. The summed E-state index contributed by atoms with van der Waals surface area (Å²) in [6.45, 7) is 0. The quantitative estimate of drug-likeness (QED) is 0.168. The molecule has 0 amide bonds. The van der Waals surface area contributed by atoms with Crippen molar-refractivity contribution in [1.82, 2.24) is 4.57 Å². The molecule has 0 unspecified atom stereocenters. The minimum absolute atomic E-state index is 1.12. The zero-order valence-electron chi connectivity index (χ0n) is 29.2. The lowest BCUT2D eigenvalue weighted by molar-refractivity contribution is 1.19. The molecule has 2 aromatic heterocycles. The Morgan fingerprint density at radius 2 is 0.925 bits per heavy atom. The van der Waals surface area contributed by atoms with Crippen LogP contribution in [0, 0.1) is 0 Å². The number of para-hydroxylation sites is 2. The van der Waals surface area contributed by atoms with E-state index in [1.165, 1.54) is 75.6 Å². The van der Waals surface area contributed by atoms with Gasteiger partial charge in [0.1, 0.15) is 0 Å². The number of thiol groups is 1. The molecule has 2 heterocycles. The Hall–Kier alpha value is -6.07. The summed E-state index contributed by atoms with van der Waals surface area (Å²) in [4.78, 5) is 2.46. The van der Waals surface area contributed by atoms with E-state index in [0.717, 1.165) is 11.4 Å². The second-order valence-corrected chi connectivity index (χ2v) is 14.0. The van der Waals surface area contributed by atoms with E-state index in [0.29, 0.717) is 0 Å². The van der Waals surface area contributed by atoms with Gasteiger partial charge in [-0.2, -0.15) is 12.6 Å². The molecule has 10 aromatic rings. The average molecular weight is 717 g/mol. The van der Waals surface area contributed by atoms with Gasteiger partial charge in [0.2, 0.25) is 0 Å². The maximum Gasteiger partial charge on any atom is 0.0721 e. The number of hydrogen-bond donors (Lipinski definition) is 1. The minimum Gasteiger partial charge on any atom is -0.310 e. The molecular weight excluding hydrogens is 681 g/mol. The zero-order chi connectivity index (χ0) is 35.7. The molecule has 0 saturated carbocycles. The van der Waals surface area contributed by atoms with Crippen LogP contribution in [0.3, 0.4) is 0 Å². The van der Waals surface area contributed by atoms with Crippen LogP contribution in [-0.4, -0.2) is 10.8 Å². The van der Waals surface area contributed by atoms with E-state index < -0.39 is 0 Å². The van der Waals surface area contributed by atoms with Crippen molar-refractivity contribution in [2.45, 2.75) is 0 Å². The Kier molecular flexibility index (Phi) is 8.76. The molecule has 0 spiro atoms. The van der Waals surface area contributed by atoms with Crippen molar-refractivity contribution in [1.29, 1.82) is 0 Å². The van der Waals surface area contributed by atoms with Gasteiger partial charge in [-0.3, -0.25) is 0 Å². The van der Waals surface area contributed by atoms with Crippen LogP contribution in [0.5, 0.6) is 0 Å². The second kappa shape index (κ2) is 14.2. The number of thiophene rings is 1. The Morgan fingerprint density at radius 1 is 0.453 bits per heavy atom. The van der Waals surface area contributed by atoms with Gasteiger partial charge in [0.15, 0.2) is 0 Å². The molecule has 0 aliphatic carbocycles. The van der Waals surface area contributed by atoms with Crippen molar-refractivity contribution < 1.29 is 0 Å². The number of nitrogens with zero attached hydrogens (tertiary/aromatic N) is 2. The summed E-state index contributed by atoms with van der Waals surface area (Å²) < 4.78 is 5.03. The van der Waals surface area contributed by atoms with E-state index in [-0.39, 0.29) is 0 Å². The van der Waals surface area contributed by atoms with E-state index in [2.05, 4.69) is 216 Å². The normalized spacial score (nSPS) is 11.2. The smallest absolute Gasteiger partial charge is 0.0721 e. The molecule has 0 fully saturated rings. The highest BCUT2D eigenvalue weighted by molar-refractivity contribution is 7.79. The molecule has 0 bridgehead atoms. The third-order valence-corrected chi connectivity index (χ3v) is 11.2. The third kappa shape index (κ3) is 5.77. The minimum atomic E-state index is 1.12. The second-order valence-electron chi connectivity index (χ2n) is 12.9. The first-order valence-electron chi connectivity index (χ1n) is 17.8. The van der Waals surface area contributed by atoms with Gasteiger partial charge in [0.25, 0.3) is 0 Å². The third-order valence-electron chi connectivity index (χ3n) is 9.98. The lowest BCUT2D eigenvalue weighted by atomic mass is 10.0. The van der Waals surface area contributed by atoms with Crippen molar-refractivity contribution in [2.75, 3.05) is 11.2 Å². The first-order chi connectivity index (χ1) is 26.3. The van der Waals surface area contributed by atoms with Gasteiger partial charge >= 0.3 is 0 Å². The molecule has 8 aromatic carbocycles. The van der Waals surface area contributed by atoms with Gasteiger partial charge in [0, 0.05) is 43.3 Å². The van der Waals surface area contributed by atoms with Gasteiger partial charge < -0.3 is 9.47 Å². The van der Waals surface area contributed by atoms with E-state index >= 15 is 0 Å². The van der Waals surface area contributed by atoms with Crippen molar-refractivity contribution in [3.8, 4) is 27.9 Å². The Labute approximate surface area is 319 Å². The topological polar surface area (TPSA) is 8.17 Å². The lowest BCUT2D eigenvalue weighted by Gasteiger charge is -2.27. The molecule has 254 valence electrons. The molecule has 0 radical (unpaired) electrons. The van der Waals surface area contributed by atoms with Crippen LogP contribution in [0.2, 0.25) is 0 Å². The Morgan fingerprint density at radius 3 is 1.51 bits per heavy atom. The molecule has 0 aliphatic heterocycles. The summed E-state index contributed by atoms with van der Waals surface area (Å²) in [5.74, 6) is 0. The van der Waals surface area contributed by atoms with Crippen LogP contribution in [0.4, 0.5) is 17.1 Å². The van der Waals surface area contributed by atoms with E-state index in [4.69, 9.17) is 0 Å². The monoisotopic (exact) mass is 716 g/mol. The van der Waals surface area contributed by atoms with E-state index in [1.807, 2.05) is 11.3 Å². The van der Waals surface area contributed by atoms with Crippen molar-refractivity contribution in [3.63, 3.8) is 0 Å². The highest BCUT2D eigenvalue weighted by Gasteiger charge is 2.24. The molecule has 0 N–H and O–H groups in total. The van der Waals surface area contributed by atoms with Crippen LogP contribution < -0.4 is 4.90 Å². The fraction of sp³-hybridized carbons (Fsp3) is 0.0204. The number of aromatic nitrogens is 1. The van der Waals surface area contributed by atoms with Crippen LogP contribution in [0.1, 0.15) is 0 Å². The number of hydrogen-bond acceptors (Lipinski definition) is 3. The SMILES string of the molecule is CS.c1ccc(-c2ccc(N(c3ccc(-c4ccccc4)cc3)c3cc4c5ccccc5n(-c5ccccc5)c4c4sc5ccccc5c34)cc2)cc1. The van der Waals surface area contributed by atoms with Gasteiger partial charge in [-0.05, 0) is 83.1 Å². The van der Waals surface area contributed by atoms with Crippen molar-refractivity contribution >= 4 is 83.0 Å². The van der Waals surface area contributed by atoms with E-state index in [1.54, 1.807) is 6.26 Å². The molecule has 0 aliphatic rings. The molecular formula is C49H36N2S2. The van der Waals surface area contributed by atoms with Crippen LogP contribution in [0.25, 0.3) is 69.9 Å². The fourth-order valence-electron chi connectivity index (χ4n) is 7.63. The van der Waals surface area contributed by atoms with Gasteiger partial charge in [-0.15, -0.1) is 11.3 Å². The number of rotatable bonds is 6. The fourth-order valence-corrected chi connectivity index (χ4v) is 8.89. The number of anilines is 3. The molecule has 10 rings (SSSR count). The van der Waals surface area contributed by atoms with Crippen molar-refractivity contribution in [2.24, 2.45) is 0 Å². The Bertz CT molecular complexity index is 2740. The van der Waals surface area contributed by atoms with Crippen LogP contribution in [0.15, 0.2) is 194 Å². The van der Waals surface area contributed by atoms with Crippen LogP contribution in [-0.2, 0) is 0 Å². The highest BCUT2D eigenvalue weighted by atomic mass is 32.1. The summed E-state index contributed by atoms with van der Waals surface area (Å²) >= 11 is 5.42. The summed E-state index contributed by atoms with van der Waals surface area (Å²) in [7, 11) is 0.